The topological polar surface area (TPSA) is 47.1 Å². The summed E-state index contributed by atoms with van der Waals surface area (Å²) in [7, 11) is 0. The highest BCUT2D eigenvalue weighted by atomic mass is 16.7. The lowest BCUT2D eigenvalue weighted by molar-refractivity contribution is -0.234. The van der Waals surface area contributed by atoms with Crippen LogP contribution in [0, 0.1) is 11.8 Å². The van der Waals surface area contributed by atoms with E-state index in [1.54, 1.807) is 0 Å². The summed E-state index contributed by atoms with van der Waals surface area (Å²) in [5.74, 6) is 0.630. The Bertz CT molecular complexity index is 778. The Kier molecular flexibility index (Phi) is 3.38. The summed E-state index contributed by atoms with van der Waals surface area (Å²) in [6, 6.07) is 10.5. The van der Waals surface area contributed by atoms with E-state index in [1.165, 1.54) is 23.2 Å². The lowest BCUT2D eigenvalue weighted by Gasteiger charge is -2.53. The molecule has 4 nitrogen and oxygen atoms in total. The van der Waals surface area contributed by atoms with Gasteiger partial charge in [0.2, 0.25) is 0 Å². The van der Waals surface area contributed by atoms with E-state index in [-0.39, 0.29) is 11.2 Å². The lowest BCUT2D eigenvalue weighted by Crippen LogP contribution is -2.55. The summed E-state index contributed by atoms with van der Waals surface area (Å²) in [5.41, 5.74) is 5.25. The van der Waals surface area contributed by atoms with E-state index in [1.807, 2.05) is 0 Å². The molecule has 25 heavy (non-hydrogen) atoms. The molecular formula is C21H26N2O2. The zero-order chi connectivity index (χ0) is 17.1. The first kappa shape index (κ1) is 15.6. The van der Waals surface area contributed by atoms with Gasteiger partial charge in [-0.2, -0.15) is 5.10 Å². The summed E-state index contributed by atoms with van der Waals surface area (Å²) in [5, 5.41) is 8.16. The molecule has 4 heteroatoms. The van der Waals surface area contributed by atoms with Gasteiger partial charge in [0, 0.05) is 34.6 Å². The van der Waals surface area contributed by atoms with Crippen LogP contribution in [-0.4, -0.2) is 29.2 Å². The first-order chi connectivity index (χ1) is 12.1. The zero-order valence-electron chi connectivity index (χ0n) is 15.0. The highest BCUT2D eigenvalue weighted by Crippen LogP contribution is 2.57. The van der Waals surface area contributed by atoms with Gasteiger partial charge in [-0.05, 0) is 25.2 Å². The lowest BCUT2D eigenvalue weighted by atomic mass is 9.55. The van der Waals surface area contributed by atoms with Crippen LogP contribution in [0.2, 0.25) is 0 Å². The van der Waals surface area contributed by atoms with Gasteiger partial charge in [0.25, 0.3) is 0 Å². The minimum atomic E-state index is -0.343. The fraction of sp³-hybridized carbons (Fsp3) is 0.571. The molecule has 2 aliphatic carbocycles. The Morgan fingerprint density at radius 2 is 1.88 bits per heavy atom. The van der Waals surface area contributed by atoms with E-state index < -0.39 is 0 Å². The Morgan fingerprint density at radius 1 is 1.12 bits per heavy atom. The second kappa shape index (κ2) is 5.42. The van der Waals surface area contributed by atoms with Gasteiger partial charge in [0.05, 0.1) is 18.9 Å². The van der Waals surface area contributed by atoms with Crippen molar-refractivity contribution < 1.29 is 9.47 Å². The van der Waals surface area contributed by atoms with Crippen molar-refractivity contribution in [2.24, 2.45) is 11.8 Å². The predicted molar refractivity (Wildman–Crippen MR) is 96.2 cm³/mol. The SMILES string of the molecule is C[C@H]1[C@@H]2CCc3c(-c4ccccc4)n[nH]c3[C@@]2(C)CCC12OCCO2. The van der Waals surface area contributed by atoms with E-state index in [4.69, 9.17) is 14.6 Å². The van der Waals surface area contributed by atoms with Gasteiger partial charge < -0.3 is 9.47 Å². The molecule has 2 aromatic rings. The molecular weight excluding hydrogens is 312 g/mol. The van der Waals surface area contributed by atoms with Crippen molar-refractivity contribution >= 4 is 0 Å². The van der Waals surface area contributed by atoms with Crippen LogP contribution < -0.4 is 0 Å². The summed E-state index contributed by atoms with van der Waals surface area (Å²) in [4.78, 5) is 0. The number of hydrogen-bond donors (Lipinski definition) is 1. The molecule has 1 N–H and O–H groups in total. The normalized spacial score (nSPS) is 33.2. The standard InChI is InChI=1S/C21H26N2O2/c1-14-17-9-8-16-18(15-6-4-3-5-7-15)22-23-19(16)20(17,2)10-11-21(14)24-12-13-25-21/h3-7,14,17H,8-13H2,1-2H3,(H,22,23)/t14-,17-,20-/m0/s1. The maximum atomic E-state index is 6.10. The van der Waals surface area contributed by atoms with Crippen LogP contribution in [0.3, 0.4) is 0 Å². The van der Waals surface area contributed by atoms with Crippen LogP contribution in [0.1, 0.15) is 44.4 Å². The van der Waals surface area contributed by atoms with Crippen LogP contribution in [0.5, 0.6) is 0 Å². The number of H-pyrrole nitrogens is 1. The highest BCUT2D eigenvalue weighted by molar-refractivity contribution is 5.65. The molecule has 3 atom stereocenters. The Hall–Kier alpha value is -1.65. The second-order valence-corrected chi connectivity index (χ2v) is 8.15. The molecule has 5 rings (SSSR count). The molecule has 2 fully saturated rings. The monoisotopic (exact) mass is 338 g/mol. The summed E-state index contributed by atoms with van der Waals surface area (Å²) in [6.45, 7) is 6.22. The Labute approximate surface area is 148 Å². The minimum Gasteiger partial charge on any atom is -0.347 e. The summed E-state index contributed by atoms with van der Waals surface area (Å²) in [6.07, 6.45) is 4.32. The third-order valence-corrected chi connectivity index (χ3v) is 7.08. The fourth-order valence-electron chi connectivity index (χ4n) is 5.68. The van der Waals surface area contributed by atoms with Gasteiger partial charge in [-0.3, -0.25) is 5.10 Å². The molecule has 1 aliphatic heterocycles. The van der Waals surface area contributed by atoms with Gasteiger partial charge in [-0.15, -0.1) is 0 Å². The average molecular weight is 338 g/mol. The van der Waals surface area contributed by atoms with Crippen molar-refractivity contribution in [1.82, 2.24) is 10.2 Å². The minimum absolute atomic E-state index is 0.133. The molecule has 132 valence electrons. The zero-order valence-corrected chi connectivity index (χ0v) is 15.0. The van der Waals surface area contributed by atoms with Gasteiger partial charge >= 0.3 is 0 Å². The first-order valence-corrected chi connectivity index (χ1v) is 9.55. The molecule has 0 radical (unpaired) electrons. The first-order valence-electron chi connectivity index (χ1n) is 9.55. The average Bonchev–Trinajstić information content (AvgIpc) is 3.28. The maximum absolute atomic E-state index is 6.10. The molecule has 0 amide bonds. The highest BCUT2D eigenvalue weighted by Gasteiger charge is 2.57. The van der Waals surface area contributed by atoms with E-state index >= 15 is 0 Å². The van der Waals surface area contributed by atoms with Crippen molar-refractivity contribution in [3.8, 4) is 11.3 Å². The summed E-state index contributed by atoms with van der Waals surface area (Å²) < 4.78 is 12.2. The number of fused-ring (bicyclic) bond motifs is 3. The fourth-order valence-corrected chi connectivity index (χ4v) is 5.68. The molecule has 0 bridgehead atoms. The largest absolute Gasteiger partial charge is 0.347 e. The van der Waals surface area contributed by atoms with E-state index in [9.17, 15) is 0 Å². The van der Waals surface area contributed by atoms with Gasteiger partial charge in [-0.25, -0.2) is 0 Å². The Morgan fingerprint density at radius 3 is 2.64 bits per heavy atom. The number of nitrogens with one attached hydrogen (secondary N) is 1. The van der Waals surface area contributed by atoms with Crippen LogP contribution in [0.25, 0.3) is 11.3 Å². The summed E-state index contributed by atoms with van der Waals surface area (Å²) >= 11 is 0. The second-order valence-electron chi connectivity index (χ2n) is 8.15. The van der Waals surface area contributed by atoms with Crippen LogP contribution in [-0.2, 0) is 21.3 Å². The molecule has 0 unspecified atom stereocenters. The number of aromatic nitrogens is 2. The number of aromatic amines is 1. The molecule has 2 heterocycles. The van der Waals surface area contributed by atoms with E-state index in [0.717, 1.165) is 38.2 Å². The van der Waals surface area contributed by atoms with Crippen molar-refractivity contribution in [2.75, 3.05) is 13.2 Å². The molecule has 1 aromatic heterocycles. The van der Waals surface area contributed by atoms with E-state index in [2.05, 4.69) is 49.3 Å². The van der Waals surface area contributed by atoms with Crippen LogP contribution in [0.4, 0.5) is 0 Å². The number of benzene rings is 1. The number of ether oxygens (including phenoxy) is 2. The van der Waals surface area contributed by atoms with Crippen molar-refractivity contribution in [1.29, 1.82) is 0 Å². The smallest absolute Gasteiger partial charge is 0.171 e. The van der Waals surface area contributed by atoms with Gasteiger partial charge in [0.15, 0.2) is 5.79 Å². The molecule has 1 saturated heterocycles. The van der Waals surface area contributed by atoms with E-state index in [0.29, 0.717) is 11.8 Å². The predicted octanol–water partition coefficient (Wildman–Crippen LogP) is 4.07. The van der Waals surface area contributed by atoms with Crippen LogP contribution >= 0.6 is 0 Å². The third-order valence-electron chi connectivity index (χ3n) is 7.08. The number of nitrogens with zero attached hydrogens (tertiary/aromatic N) is 1. The number of rotatable bonds is 1. The number of hydrogen-bond acceptors (Lipinski definition) is 3. The van der Waals surface area contributed by atoms with Gasteiger partial charge in [-0.1, -0.05) is 44.2 Å². The molecule has 1 spiro atoms. The maximum Gasteiger partial charge on any atom is 0.171 e. The molecule has 3 aliphatic rings. The van der Waals surface area contributed by atoms with Crippen molar-refractivity contribution in [2.45, 2.75) is 50.7 Å². The molecule has 1 saturated carbocycles. The van der Waals surface area contributed by atoms with Crippen LogP contribution in [0.15, 0.2) is 30.3 Å². The quantitative estimate of drug-likeness (QED) is 0.852. The third kappa shape index (κ3) is 2.10. The Balaban J connectivity index is 1.55. The van der Waals surface area contributed by atoms with Crippen molar-refractivity contribution in [3.63, 3.8) is 0 Å². The van der Waals surface area contributed by atoms with Gasteiger partial charge in [0.1, 0.15) is 0 Å². The van der Waals surface area contributed by atoms with Crippen molar-refractivity contribution in [3.05, 3.63) is 41.6 Å². The molecule has 1 aromatic carbocycles.